The van der Waals surface area contributed by atoms with Gasteiger partial charge in [-0.3, -0.25) is 9.69 Å². The number of nitrogens with zero attached hydrogens (tertiary/aromatic N) is 1. The Morgan fingerprint density at radius 3 is 2.82 bits per heavy atom. The molecule has 1 aromatic carbocycles. The molecule has 1 saturated heterocycles. The van der Waals surface area contributed by atoms with Crippen LogP contribution in [0.5, 0.6) is 5.75 Å². The Kier molecular flexibility index (Phi) is 3.64. The lowest BCUT2D eigenvalue weighted by atomic mass is 10.2. The van der Waals surface area contributed by atoms with Gasteiger partial charge in [-0.25, -0.2) is 0 Å². The predicted octanol–water partition coefficient (Wildman–Crippen LogP) is 1.53. The zero-order valence-corrected chi connectivity index (χ0v) is 9.93. The molecule has 1 aliphatic rings. The highest BCUT2D eigenvalue weighted by molar-refractivity contribution is 5.75. The number of methoxy groups -OCH3 is 1. The Balaban J connectivity index is 2.02. The summed E-state index contributed by atoms with van der Waals surface area (Å²) >= 11 is 0. The molecule has 0 bridgehead atoms. The lowest BCUT2D eigenvalue weighted by Gasteiger charge is -2.22. The zero-order valence-electron chi connectivity index (χ0n) is 9.93. The van der Waals surface area contributed by atoms with E-state index in [4.69, 9.17) is 4.74 Å². The van der Waals surface area contributed by atoms with E-state index >= 15 is 0 Å². The Hall–Kier alpha value is -1.55. The van der Waals surface area contributed by atoms with Crippen molar-refractivity contribution < 1.29 is 14.6 Å². The molecular formula is C13H17NO3. The maximum atomic E-state index is 11.6. The molecule has 17 heavy (non-hydrogen) atoms. The fourth-order valence-corrected chi connectivity index (χ4v) is 2.25. The van der Waals surface area contributed by atoms with Crippen LogP contribution in [0.1, 0.15) is 18.4 Å². The number of esters is 1. The van der Waals surface area contributed by atoms with Crippen LogP contribution in [-0.4, -0.2) is 35.7 Å². The minimum atomic E-state index is -0.152. The second kappa shape index (κ2) is 5.19. The molecule has 0 aromatic heterocycles. The van der Waals surface area contributed by atoms with Crippen LogP contribution in [-0.2, 0) is 16.1 Å². The maximum absolute atomic E-state index is 11.6. The van der Waals surface area contributed by atoms with E-state index in [9.17, 15) is 9.90 Å². The van der Waals surface area contributed by atoms with Gasteiger partial charge in [0.1, 0.15) is 11.8 Å². The first-order chi connectivity index (χ1) is 8.20. The van der Waals surface area contributed by atoms with Gasteiger partial charge in [0.2, 0.25) is 0 Å². The van der Waals surface area contributed by atoms with Gasteiger partial charge in [0, 0.05) is 6.54 Å². The Labute approximate surface area is 101 Å². The monoisotopic (exact) mass is 235 g/mol. The molecule has 2 rings (SSSR count). The summed E-state index contributed by atoms with van der Waals surface area (Å²) in [5.41, 5.74) is 1.10. The summed E-state index contributed by atoms with van der Waals surface area (Å²) in [6.45, 7) is 1.64. The van der Waals surface area contributed by atoms with Crippen molar-refractivity contribution in [3.63, 3.8) is 0 Å². The van der Waals surface area contributed by atoms with E-state index < -0.39 is 0 Å². The summed E-state index contributed by atoms with van der Waals surface area (Å²) in [6, 6.07) is 6.97. The van der Waals surface area contributed by atoms with Gasteiger partial charge in [-0.15, -0.1) is 0 Å². The quantitative estimate of drug-likeness (QED) is 0.807. The highest BCUT2D eigenvalue weighted by Gasteiger charge is 2.31. The second-order valence-corrected chi connectivity index (χ2v) is 4.32. The largest absolute Gasteiger partial charge is 0.508 e. The molecule has 1 N–H and O–H groups in total. The molecule has 4 heteroatoms. The first kappa shape index (κ1) is 11.9. The Morgan fingerprint density at radius 2 is 2.18 bits per heavy atom. The Bertz CT molecular complexity index is 388. The van der Waals surface area contributed by atoms with Crippen LogP contribution in [0, 0.1) is 0 Å². The summed E-state index contributed by atoms with van der Waals surface area (Å²) in [7, 11) is 1.43. The van der Waals surface area contributed by atoms with E-state index in [-0.39, 0.29) is 17.8 Å². The summed E-state index contributed by atoms with van der Waals surface area (Å²) < 4.78 is 4.80. The number of carbonyl (C=O) groups is 1. The molecule has 1 aliphatic heterocycles. The van der Waals surface area contributed by atoms with Crippen LogP contribution in [0.3, 0.4) is 0 Å². The van der Waals surface area contributed by atoms with Gasteiger partial charge in [-0.1, -0.05) is 12.1 Å². The number of benzene rings is 1. The highest BCUT2D eigenvalue weighted by Crippen LogP contribution is 2.21. The third-order valence-electron chi connectivity index (χ3n) is 3.16. The molecule has 92 valence electrons. The average molecular weight is 235 g/mol. The average Bonchev–Trinajstić information content (AvgIpc) is 2.79. The summed E-state index contributed by atoms with van der Waals surface area (Å²) in [6.07, 6.45) is 1.89. The van der Waals surface area contributed by atoms with E-state index in [1.165, 1.54) is 7.11 Å². The molecule has 1 fully saturated rings. The van der Waals surface area contributed by atoms with Crippen molar-refractivity contribution in [2.45, 2.75) is 25.4 Å². The number of hydrogen-bond donors (Lipinski definition) is 1. The van der Waals surface area contributed by atoms with Crippen molar-refractivity contribution in [2.24, 2.45) is 0 Å². The van der Waals surface area contributed by atoms with Crippen LogP contribution in [0.4, 0.5) is 0 Å². The smallest absolute Gasteiger partial charge is 0.323 e. The number of phenolic OH excluding ortho intramolecular Hbond substituents is 1. The summed E-state index contributed by atoms with van der Waals surface area (Å²) in [5, 5.41) is 9.21. The molecule has 0 aliphatic carbocycles. The number of carbonyl (C=O) groups excluding carboxylic acids is 1. The minimum Gasteiger partial charge on any atom is -0.508 e. The number of phenols is 1. The van der Waals surface area contributed by atoms with E-state index in [1.54, 1.807) is 12.1 Å². The topological polar surface area (TPSA) is 49.8 Å². The SMILES string of the molecule is COC(=O)C1CCCN1Cc1ccc(O)cc1. The van der Waals surface area contributed by atoms with Crippen molar-refractivity contribution in [3.8, 4) is 5.75 Å². The van der Waals surface area contributed by atoms with E-state index in [2.05, 4.69) is 4.90 Å². The molecule has 1 unspecified atom stereocenters. The van der Waals surface area contributed by atoms with E-state index in [0.29, 0.717) is 0 Å². The van der Waals surface area contributed by atoms with Crippen molar-refractivity contribution in [1.29, 1.82) is 0 Å². The molecule has 1 aromatic rings. The number of likely N-dealkylation sites (tertiary alicyclic amines) is 1. The lowest BCUT2D eigenvalue weighted by Crippen LogP contribution is -2.36. The zero-order chi connectivity index (χ0) is 12.3. The van der Waals surface area contributed by atoms with E-state index in [1.807, 2.05) is 12.1 Å². The fraction of sp³-hybridized carbons (Fsp3) is 0.462. The van der Waals surface area contributed by atoms with Gasteiger partial charge in [-0.2, -0.15) is 0 Å². The molecule has 1 atom stereocenters. The van der Waals surface area contributed by atoms with Crippen molar-refractivity contribution in [3.05, 3.63) is 29.8 Å². The summed E-state index contributed by atoms with van der Waals surface area (Å²) in [5.74, 6) is 0.112. The van der Waals surface area contributed by atoms with Crippen molar-refractivity contribution in [1.82, 2.24) is 4.90 Å². The minimum absolute atomic E-state index is 0.117. The highest BCUT2D eigenvalue weighted by atomic mass is 16.5. The Morgan fingerprint density at radius 1 is 1.47 bits per heavy atom. The molecule has 0 radical (unpaired) electrons. The third kappa shape index (κ3) is 2.77. The molecule has 0 amide bonds. The summed E-state index contributed by atoms with van der Waals surface area (Å²) in [4.78, 5) is 13.7. The maximum Gasteiger partial charge on any atom is 0.323 e. The normalized spacial score (nSPS) is 20.4. The molecule has 1 heterocycles. The number of hydrogen-bond acceptors (Lipinski definition) is 4. The van der Waals surface area contributed by atoms with Crippen LogP contribution in [0.15, 0.2) is 24.3 Å². The van der Waals surface area contributed by atoms with Crippen LogP contribution in [0.25, 0.3) is 0 Å². The molecule has 0 saturated carbocycles. The number of rotatable bonds is 3. The van der Waals surface area contributed by atoms with Crippen LogP contribution >= 0.6 is 0 Å². The van der Waals surface area contributed by atoms with Crippen molar-refractivity contribution >= 4 is 5.97 Å². The molecule has 0 spiro atoms. The van der Waals surface area contributed by atoms with Crippen LogP contribution in [0.2, 0.25) is 0 Å². The molecular weight excluding hydrogens is 218 g/mol. The predicted molar refractivity (Wildman–Crippen MR) is 63.6 cm³/mol. The second-order valence-electron chi connectivity index (χ2n) is 4.32. The fourth-order valence-electron chi connectivity index (χ4n) is 2.25. The van der Waals surface area contributed by atoms with Gasteiger partial charge >= 0.3 is 5.97 Å². The third-order valence-corrected chi connectivity index (χ3v) is 3.16. The van der Waals surface area contributed by atoms with Gasteiger partial charge in [0.15, 0.2) is 0 Å². The van der Waals surface area contributed by atoms with Gasteiger partial charge in [-0.05, 0) is 37.1 Å². The number of ether oxygens (including phenoxy) is 1. The molecule has 4 nitrogen and oxygen atoms in total. The lowest BCUT2D eigenvalue weighted by molar-refractivity contribution is -0.146. The van der Waals surface area contributed by atoms with Gasteiger partial charge in [0.05, 0.1) is 7.11 Å². The van der Waals surface area contributed by atoms with Gasteiger partial charge < -0.3 is 9.84 Å². The van der Waals surface area contributed by atoms with E-state index in [0.717, 1.165) is 31.5 Å². The van der Waals surface area contributed by atoms with Crippen LogP contribution < -0.4 is 0 Å². The first-order valence-electron chi connectivity index (χ1n) is 5.80. The van der Waals surface area contributed by atoms with Gasteiger partial charge in [0.25, 0.3) is 0 Å². The standard InChI is InChI=1S/C13H17NO3/c1-17-13(16)12-3-2-8-14(12)9-10-4-6-11(15)7-5-10/h4-7,12,15H,2-3,8-9H2,1H3. The first-order valence-corrected chi connectivity index (χ1v) is 5.80. The number of aromatic hydroxyl groups is 1. The van der Waals surface area contributed by atoms with Crippen molar-refractivity contribution in [2.75, 3.05) is 13.7 Å².